The van der Waals surface area contributed by atoms with Gasteiger partial charge in [0, 0.05) is 4.75 Å². The molecule has 0 aliphatic rings. The minimum atomic E-state index is -0.119. The van der Waals surface area contributed by atoms with Crippen LogP contribution in [0, 0.1) is 0 Å². The molecule has 0 saturated heterocycles. The maximum absolute atomic E-state index is 6.10. The smallest absolute Gasteiger partial charge is 0.0531 e. The molecule has 0 unspecified atom stereocenters. The van der Waals surface area contributed by atoms with Gasteiger partial charge in [-0.3, -0.25) is 0 Å². The van der Waals surface area contributed by atoms with Gasteiger partial charge in [-0.25, -0.2) is 0 Å². The summed E-state index contributed by atoms with van der Waals surface area (Å²) in [6.45, 7) is 8.41. The Morgan fingerprint density at radius 3 is 1.44 bits per heavy atom. The van der Waals surface area contributed by atoms with Crippen molar-refractivity contribution in [2.75, 3.05) is 6.26 Å². The lowest BCUT2D eigenvalue weighted by Gasteiger charge is -2.34. The van der Waals surface area contributed by atoms with Crippen molar-refractivity contribution in [2.45, 2.75) is 37.3 Å². The molecule has 0 aliphatic carbocycles. The first kappa shape index (κ1) is 9.64. The predicted molar refractivity (Wildman–Crippen MR) is 47.5 cm³/mol. The standard InChI is InChI=1S/C7H15ClS/c1-6(2,8)7(3,4)9-5/h1-5H3. The molecule has 0 N–H and O–H groups in total. The molecule has 0 heterocycles. The van der Waals surface area contributed by atoms with E-state index in [2.05, 4.69) is 20.1 Å². The molecule has 56 valence electrons. The van der Waals surface area contributed by atoms with Crippen LogP contribution >= 0.6 is 23.4 Å². The highest BCUT2D eigenvalue weighted by Crippen LogP contribution is 2.37. The maximum Gasteiger partial charge on any atom is 0.0531 e. The van der Waals surface area contributed by atoms with Gasteiger partial charge in [0.1, 0.15) is 0 Å². The van der Waals surface area contributed by atoms with Crippen LogP contribution in [0.5, 0.6) is 0 Å². The fourth-order valence-electron chi connectivity index (χ4n) is 0.243. The Labute approximate surface area is 67.4 Å². The summed E-state index contributed by atoms with van der Waals surface area (Å²) in [5.74, 6) is 0. The van der Waals surface area contributed by atoms with E-state index < -0.39 is 0 Å². The Bertz CT molecular complexity index is 91.6. The summed E-state index contributed by atoms with van der Waals surface area (Å²) in [6, 6.07) is 0. The summed E-state index contributed by atoms with van der Waals surface area (Å²) in [5, 5.41) is 0. The molecular weight excluding hydrogens is 152 g/mol. The number of hydrogen-bond donors (Lipinski definition) is 0. The van der Waals surface area contributed by atoms with Crippen molar-refractivity contribution in [2.24, 2.45) is 0 Å². The molecule has 0 radical (unpaired) electrons. The highest BCUT2D eigenvalue weighted by atomic mass is 35.5. The lowest BCUT2D eigenvalue weighted by molar-refractivity contribution is 0.543. The van der Waals surface area contributed by atoms with Gasteiger partial charge < -0.3 is 0 Å². The molecule has 0 spiro atoms. The van der Waals surface area contributed by atoms with Crippen LogP contribution in [0.1, 0.15) is 27.7 Å². The molecule has 0 nitrogen and oxygen atoms in total. The van der Waals surface area contributed by atoms with Crippen molar-refractivity contribution in [1.29, 1.82) is 0 Å². The van der Waals surface area contributed by atoms with E-state index in [1.54, 1.807) is 11.8 Å². The summed E-state index contributed by atoms with van der Waals surface area (Å²) in [6.07, 6.45) is 2.09. The van der Waals surface area contributed by atoms with Crippen LogP contribution in [-0.2, 0) is 0 Å². The second kappa shape index (κ2) is 2.71. The average Bonchev–Trinajstić information content (AvgIpc) is 1.64. The molecule has 0 bridgehead atoms. The molecular formula is C7H15ClS. The third-order valence-electron chi connectivity index (χ3n) is 1.94. The van der Waals surface area contributed by atoms with Crippen molar-refractivity contribution in [3.8, 4) is 0 Å². The Morgan fingerprint density at radius 2 is 1.44 bits per heavy atom. The average molecular weight is 167 g/mol. The summed E-state index contributed by atoms with van der Waals surface area (Å²) in [4.78, 5) is -0.119. The molecule has 2 heteroatoms. The first-order chi connectivity index (χ1) is 3.81. The maximum atomic E-state index is 6.10. The lowest BCUT2D eigenvalue weighted by atomic mass is 9.98. The molecule has 9 heavy (non-hydrogen) atoms. The number of thioether (sulfide) groups is 1. The third kappa shape index (κ3) is 2.38. The van der Waals surface area contributed by atoms with Gasteiger partial charge in [0.2, 0.25) is 0 Å². The van der Waals surface area contributed by atoms with Crippen LogP contribution in [0.25, 0.3) is 0 Å². The van der Waals surface area contributed by atoms with Gasteiger partial charge in [-0.2, -0.15) is 11.8 Å². The van der Waals surface area contributed by atoms with Crippen LogP contribution in [0.15, 0.2) is 0 Å². The SMILES string of the molecule is CSC(C)(C)C(C)(C)Cl. The zero-order valence-electron chi connectivity index (χ0n) is 6.79. The largest absolute Gasteiger partial charge is 0.157 e. The molecule has 0 aromatic carbocycles. The first-order valence-corrected chi connectivity index (χ1v) is 4.65. The fourth-order valence-corrected chi connectivity index (χ4v) is 0.960. The van der Waals surface area contributed by atoms with Crippen LogP contribution in [0.2, 0.25) is 0 Å². The Hall–Kier alpha value is 0.640. The summed E-state index contributed by atoms with van der Waals surface area (Å²) < 4.78 is 0.161. The summed E-state index contributed by atoms with van der Waals surface area (Å²) in [5.41, 5.74) is 0. The molecule has 0 fully saturated rings. The van der Waals surface area contributed by atoms with Gasteiger partial charge >= 0.3 is 0 Å². The molecule has 0 atom stereocenters. The lowest BCUT2D eigenvalue weighted by Crippen LogP contribution is -2.36. The molecule has 0 saturated carbocycles. The van der Waals surface area contributed by atoms with Crippen LogP contribution < -0.4 is 0 Å². The van der Waals surface area contributed by atoms with Crippen molar-refractivity contribution >= 4 is 23.4 Å². The van der Waals surface area contributed by atoms with Crippen molar-refractivity contribution in [1.82, 2.24) is 0 Å². The van der Waals surface area contributed by atoms with E-state index in [0.717, 1.165) is 0 Å². The first-order valence-electron chi connectivity index (χ1n) is 3.05. The zero-order chi connectivity index (χ0) is 7.71. The molecule has 0 amide bonds. The highest BCUT2D eigenvalue weighted by Gasteiger charge is 2.33. The normalized spacial score (nSPS) is 14.0. The van der Waals surface area contributed by atoms with E-state index in [0.29, 0.717) is 0 Å². The van der Waals surface area contributed by atoms with E-state index in [1.165, 1.54) is 0 Å². The van der Waals surface area contributed by atoms with Gasteiger partial charge in [-0.05, 0) is 34.0 Å². The summed E-state index contributed by atoms with van der Waals surface area (Å²) >= 11 is 7.91. The number of alkyl halides is 1. The fraction of sp³-hybridized carbons (Fsp3) is 1.00. The Kier molecular flexibility index (Phi) is 2.90. The van der Waals surface area contributed by atoms with Crippen LogP contribution in [0.3, 0.4) is 0 Å². The van der Waals surface area contributed by atoms with E-state index in [-0.39, 0.29) is 9.62 Å². The Balaban J connectivity index is 4.14. The van der Waals surface area contributed by atoms with E-state index in [4.69, 9.17) is 11.6 Å². The van der Waals surface area contributed by atoms with Crippen LogP contribution in [0.4, 0.5) is 0 Å². The van der Waals surface area contributed by atoms with Crippen molar-refractivity contribution in [3.05, 3.63) is 0 Å². The van der Waals surface area contributed by atoms with Gasteiger partial charge in [0.25, 0.3) is 0 Å². The van der Waals surface area contributed by atoms with Gasteiger partial charge in [0.05, 0.1) is 4.87 Å². The van der Waals surface area contributed by atoms with Gasteiger partial charge in [-0.15, -0.1) is 11.6 Å². The number of halogens is 1. The Morgan fingerprint density at radius 1 is 1.11 bits per heavy atom. The minimum absolute atomic E-state index is 0.119. The van der Waals surface area contributed by atoms with E-state index in [1.807, 2.05) is 13.8 Å². The molecule has 0 aliphatic heterocycles. The third-order valence-corrected chi connectivity index (χ3v) is 4.06. The quantitative estimate of drug-likeness (QED) is 0.568. The van der Waals surface area contributed by atoms with Gasteiger partial charge in [-0.1, -0.05) is 0 Å². The number of rotatable bonds is 2. The van der Waals surface area contributed by atoms with E-state index in [9.17, 15) is 0 Å². The topological polar surface area (TPSA) is 0 Å². The van der Waals surface area contributed by atoms with Crippen molar-refractivity contribution < 1.29 is 0 Å². The predicted octanol–water partition coefficient (Wildman–Crippen LogP) is 3.15. The van der Waals surface area contributed by atoms with E-state index >= 15 is 0 Å². The number of hydrogen-bond acceptors (Lipinski definition) is 1. The second-order valence-corrected chi connectivity index (χ2v) is 5.56. The minimum Gasteiger partial charge on any atom is -0.157 e. The second-order valence-electron chi connectivity index (χ2n) is 3.19. The van der Waals surface area contributed by atoms with Crippen molar-refractivity contribution in [3.63, 3.8) is 0 Å². The van der Waals surface area contributed by atoms with Gasteiger partial charge in [0.15, 0.2) is 0 Å². The molecule has 0 rings (SSSR count). The zero-order valence-corrected chi connectivity index (χ0v) is 8.36. The van der Waals surface area contributed by atoms with Crippen LogP contribution in [-0.4, -0.2) is 15.9 Å². The molecule has 0 aromatic rings. The molecule has 0 aromatic heterocycles. The highest BCUT2D eigenvalue weighted by molar-refractivity contribution is 8.00. The summed E-state index contributed by atoms with van der Waals surface area (Å²) in [7, 11) is 0. The monoisotopic (exact) mass is 166 g/mol.